The number of halogens is 1. The van der Waals surface area contributed by atoms with Gasteiger partial charge in [-0.05, 0) is 45.1 Å². The lowest BCUT2D eigenvalue weighted by Crippen LogP contribution is -2.49. The first-order valence-corrected chi connectivity index (χ1v) is 7.32. The van der Waals surface area contributed by atoms with Crippen LogP contribution < -0.4 is 14.8 Å². The van der Waals surface area contributed by atoms with E-state index in [-0.39, 0.29) is 29.9 Å². The van der Waals surface area contributed by atoms with E-state index < -0.39 is 0 Å². The number of ether oxygens (including phenoxy) is 2. The molecule has 0 aromatic heterocycles. The molecule has 116 valence electrons. The molecule has 1 aromatic rings. The molecule has 2 heterocycles. The van der Waals surface area contributed by atoms with Crippen molar-refractivity contribution in [1.29, 1.82) is 0 Å². The van der Waals surface area contributed by atoms with E-state index in [1.165, 1.54) is 0 Å². The fraction of sp³-hybridized carbons (Fsp3) is 0.562. The summed E-state index contributed by atoms with van der Waals surface area (Å²) in [4.78, 5) is 12.4. The van der Waals surface area contributed by atoms with E-state index in [0.29, 0.717) is 17.7 Å². The Morgan fingerprint density at radius 2 is 2.00 bits per heavy atom. The summed E-state index contributed by atoms with van der Waals surface area (Å²) in [6, 6.07) is 5.56. The molecule has 3 rings (SSSR count). The SMILES string of the molecule is CC(C)Oc1ccc2c(c1)C(=O)CC1(CCNCC1)O2.Cl. The minimum atomic E-state index is -0.296. The molecule has 0 unspecified atom stereocenters. The summed E-state index contributed by atoms with van der Waals surface area (Å²) in [6.07, 6.45) is 2.36. The fourth-order valence-electron chi connectivity index (χ4n) is 2.98. The number of hydrogen-bond donors (Lipinski definition) is 1. The highest BCUT2D eigenvalue weighted by molar-refractivity contribution is 6.00. The van der Waals surface area contributed by atoms with Crippen LogP contribution in [0.3, 0.4) is 0 Å². The molecule has 0 radical (unpaired) electrons. The molecule has 2 aliphatic rings. The van der Waals surface area contributed by atoms with Crippen molar-refractivity contribution in [3.8, 4) is 11.5 Å². The Bertz CT molecular complexity index is 524. The van der Waals surface area contributed by atoms with Crippen LogP contribution in [0.1, 0.15) is 43.5 Å². The lowest BCUT2D eigenvalue weighted by atomic mass is 9.83. The van der Waals surface area contributed by atoms with Crippen LogP contribution in [-0.4, -0.2) is 30.6 Å². The Balaban J connectivity index is 0.00000161. The maximum absolute atomic E-state index is 12.4. The molecule has 0 saturated carbocycles. The Kier molecular flexibility index (Phi) is 4.79. The van der Waals surface area contributed by atoms with Gasteiger partial charge in [0.2, 0.25) is 0 Å². The number of carbonyl (C=O) groups is 1. The molecule has 0 amide bonds. The zero-order chi connectivity index (χ0) is 14.2. The second-order valence-electron chi connectivity index (χ2n) is 5.96. The van der Waals surface area contributed by atoms with E-state index in [1.54, 1.807) is 0 Å². The van der Waals surface area contributed by atoms with Gasteiger partial charge in [0.25, 0.3) is 0 Å². The van der Waals surface area contributed by atoms with Crippen molar-refractivity contribution in [3.05, 3.63) is 23.8 Å². The van der Waals surface area contributed by atoms with E-state index in [9.17, 15) is 4.79 Å². The molecule has 4 nitrogen and oxygen atoms in total. The smallest absolute Gasteiger partial charge is 0.170 e. The summed E-state index contributed by atoms with van der Waals surface area (Å²) >= 11 is 0. The van der Waals surface area contributed by atoms with E-state index >= 15 is 0 Å². The number of ketones is 1. The van der Waals surface area contributed by atoms with Gasteiger partial charge in [0.15, 0.2) is 5.78 Å². The van der Waals surface area contributed by atoms with E-state index in [2.05, 4.69) is 5.32 Å². The van der Waals surface area contributed by atoms with Crippen LogP contribution in [0.15, 0.2) is 18.2 Å². The molecule has 0 aliphatic carbocycles. The van der Waals surface area contributed by atoms with Gasteiger partial charge in [-0.25, -0.2) is 0 Å². The van der Waals surface area contributed by atoms with Crippen LogP contribution in [0.25, 0.3) is 0 Å². The molecule has 0 atom stereocenters. The van der Waals surface area contributed by atoms with Crippen LogP contribution in [0.4, 0.5) is 0 Å². The molecule has 21 heavy (non-hydrogen) atoms. The first kappa shape index (κ1) is 16.1. The summed E-state index contributed by atoms with van der Waals surface area (Å²) in [7, 11) is 0. The Morgan fingerprint density at radius 3 is 2.67 bits per heavy atom. The highest BCUT2D eigenvalue weighted by Crippen LogP contribution is 2.39. The number of fused-ring (bicyclic) bond motifs is 1. The summed E-state index contributed by atoms with van der Waals surface area (Å²) in [6.45, 7) is 5.78. The summed E-state index contributed by atoms with van der Waals surface area (Å²) < 4.78 is 11.8. The summed E-state index contributed by atoms with van der Waals surface area (Å²) in [5.74, 6) is 1.61. The zero-order valence-corrected chi connectivity index (χ0v) is 13.3. The first-order valence-electron chi connectivity index (χ1n) is 7.32. The van der Waals surface area contributed by atoms with Crippen molar-refractivity contribution in [2.24, 2.45) is 0 Å². The highest BCUT2D eigenvalue weighted by atomic mass is 35.5. The van der Waals surface area contributed by atoms with Crippen LogP contribution in [0.5, 0.6) is 11.5 Å². The normalized spacial score (nSPS) is 19.7. The predicted molar refractivity (Wildman–Crippen MR) is 83.9 cm³/mol. The quantitative estimate of drug-likeness (QED) is 0.912. The molecule has 1 saturated heterocycles. The van der Waals surface area contributed by atoms with Gasteiger partial charge in [0.1, 0.15) is 17.1 Å². The minimum Gasteiger partial charge on any atom is -0.491 e. The summed E-state index contributed by atoms with van der Waals surface area (Å²) in [5.41, 5.74) is 0.364. The second kappa shape index (κ2) is 6.24. The third kappa shape index (κ3) is 3.33. The molecule has 1 N–H and O–H groups in total. The maximum Gasteiger partial charge on any atom is 0.170 e. The fourth-order valence-corrected chi connectivity index (χ4v) is 2.98. The van der Waals surface area contributed by atoms with Gasteiger partial charge in [-0.2, -0.15) is 0 Å². The van der Waals surface area contributed by atoms with Crippen LogP contribution in [-0.2, 0) is 0 Å². The van der Waals surface area contributed by atoms with Crippen LogP contribution in [0.2, 0.25) is 0 Å². The number of piperidine rings is 1. The van der Waals surface area contributed by atoms with Gasteiger partial charge in [0.05, 0.1) is 18.1 Å². The number of hydrogen-bond acceptors (Lipinski definition) is 4. The maximum atomic E-state index is 12.4. The Hall–Kier alpha value is -1.26. The van der Waals surface area contributed by atoms with Crippen molar-refractivity contribution in [3.63, 3.8) is 0 Å². The molecule has 5 heteroatoms. The summed E-state index contributed by atoms with van der Waals surface area (Å²) in [5, 5.41) is 3.31. The van der Waals surface area contributed by atoms with Crippen molar-refractivity contribution < 1.29 is 14.3 Å². The van der Waals surface area contributed by atoms with Crippen molar-refractivity contribution in [1.82, 2.24) is 5.32 Å². The monoisotopic (exact) mass is 311 g/mol. The zero-order valence-electron chi connectivity index (χ0n) is 12.5. The number of benzene rings is 1. The molecule has 1 spiro atoms. The first-order chi connectivity index (χ1) is 9.58. The van der Waals surface area contributed by atoms with E-state index in [1.807, 2.05) is 32.0 Å². The lowest BCUT2D eigenvalue weighted by Gasteiger charge is -2.40. The lowest BCUT2D eigenvalue weighted by molar-refractivity contribution is 0.0186. The van der Waals surface area contributed by atoms with Crippen molar-refractivity contribution >= 4 is 18.2 Å². The molecule has 1 fully saturated rings. The number of carbonyl (C=O) groups excluding carboxylic acids is 1. The second-order valence-corrected chi connectivity index (χ2v) is 5.96. The molecule has 2 aliphatic heterocycles. The van der Waals surface area contributed by atoms with Gasteiger partial charge < -0.3 is 14.8 Å². The topological polar surface area (TPSA) is 47.6 Å². The van der Waals surface area contributed by atoms with Crippen LogP contribution in [0, 0.1) is 0 Å². The van der Waals surface area contributed by atoms with Gasteiger partial charge in [0, 0.05) is 12.8 Å². The Morgan fingerprint density at radius 1 is 1.29 bits per heavy atom. The van der Waals surface area contributed by atoms with E-state index in [4.69, 9.17) is 9.47 Å². The van der Waals surface area contributed by atoms with Gasteiger partial charge >= 0.3 is 0 Å². The number of rotatable bonds is 2. The molecule has 1 aromatic carbocycles. The number of nitrogens with one attached hydrogen (secondary N) is 1. The molecular weight excluding hydrogens is 290 g/mol. The largest absolute Gasteiger partial charge is 0.491 e. The highest BCUT2D eigenvalue weighted by Gasteiger charge is 2.41. The van der Waals surface area contributed by atoms with Gasteiger partial charge in [-0.3, -0.25) is 4.79 Å². The minimum absolute atomic E-state index is 0. The number of Topliss-reactive ketones (excluding diaryl/α,β-unsaturated/α-hetero) is 1. The Labute approximate surface area is 131 Å². The third-order valence-corrected chi connectivity index (χ3v) is 3.95. The molecule has 0 bridgehead atoms. The third-order valence-electron chi connectivity index (χ3n) is 3.95. The van der Waals surface area contributed by atoms with Gasteiger partial charge in [-0.15, -0.1) is 12.4 Å². The predicted octanol–water partition coefficient (Wildman–Crippen LogP) is 2.98. The van der Waals surface area contributed by atoms with Crippen LogP contribution >= 0.6 is 12.4 Å². The van der Waals surface area contributed by atoms with Gasteiger partial charge in [-0.1, -0.05) is 0 Å². The average Bonchev–Trinajstić information content (AvgIpc) is 2.40. The molecular formula is C16H22ClNO3. The van der Waals surface area contributed by atoms with Crippen molar-refractivity contribution in [2.75, 3.05) is 13.1 Å². The van der Waals surface area contributed by atoms with Crippen molar-refractivity contribution in [2.45, 2.75) is 44.8 Å². The van der Waals surface area contributed by atoms with E-state index in [0.717, 1.165) is 31.7 Å². The standard InChI is InChI=1S/C16H21NO3.ClH/c1-11(2)19-12-3-4-15-13(9-12)14(18)10-16(20-15)5-7-17-8-6-16;/h3-4,9,11,17H,5-8,10H2,1-2H3;1H. The average molecular weight is 312 g/mol.